The molecule has 59 heavy (non-hydrogen) atoms. The molecule has 0 spiro atoms. The zero-order chi connectivity index (χ0) is 39.1. The summed E-state index contributed by atoms with van der Waals surface area (Å²) in [4.78, 5) is 4.66. The van der Waals surface area contributed by atoms with Gasteiger partial charge in [-0.3, -0.25) is 0 Å². The van der Waals surface area contributed by atoms with Crippen molar-refractivity contribution in [1.82, 2.24) is 4.57 Å². The summed E-state index contributed by atoms with van der Waals surface area (Å²) in [6.45, 7) is 0. The Morgan fingerprint density at radius 3 is 0.966 bits per heavy atom. The predicted molar refractivity (Wildman–Crippen MR) is 250 cm³/mol. The van der Waals surface area contributed by atoms with Crippen molar-refractivity contribution in [3.05, 3.63) is 237 Å². The first-order chi connectivity index (χ1) is 29.3. The Kier molecular flexibility index (Phi) is 8.49. The van der Waals surface area contributed by atoms with Gasteiger partial charge in [-0.1, -0.05) is 127 Å². The molecular weight excluding hydrogens is 715 g/mol. The lowest BCUT2D eigenvalue weighted by molar-refractivity contribution is 1.18. The maximum atomic E-state index is 2.46. The first kappa shape index (κ1) is 34.4. The van der Waals surface area contributed by atoms with Crippen LogP contribution in [0, 0.1) is 0 Å². The number of hydrogen-bond donors (Lipinski definition) is 0. The first-order valence-corrected chi connectivity index (χ1v) is 20.2. The van der Waals surface area contributed by atoms with Crippen molar-refractivity contribution in [2.45, 2.75) is 0 Å². The quantitative estimate of drug-likeness (QED) is 0.136. The van der Waals surface area contributed by atoms with E-state index in [-0.39, 0.29) is 0 Å². The number of anilines is 6. The molecule has 0 aliphatic carbocycles. The smallest absolute Gasteiger partial charge is 0.0553 e. The van der Waals surface area contributed by atoms with Gasteiger partial charge in [0.25, 0.3) is 0 Å². The van der Waals surface area contributed by atoms with E-state index >= 15 is 0 Å². The highest BCUT2D eigenvalue weighted by atomic mass is 15.1. The molecule has 0 N–H and O–H groups in total. The summed E-state index contributed by atoms with van der Waals surface area (Å²) in [5, 5.41) is 5.04. The van der Waals surface area contributed by atoms with Crippen LogP contribution in [-0.2, 0) is 0 Å². The van der Waals surface area contributed by atoms with Crippen molar-refractivity contribution < 1.29 is 0 Å². The van der Waals surface area contributed by atoms with Gasteiger partial charge in [0.05, 0.1) is 11.0 Å². The number of nitrogens with zero attached hydrogens (tertiary/aromatic N) is 3. The van der Waals surface area contributed by atoms with Gasteiger partial charge in [0.1, 0.15) is 0 Å². The third-order valence-electron chi connectivity index (χ3n) is 11.4. The number of para-hydroxylation sites is 5. The van der Waals surface area contributed by atoms with Crippen LogP contribution in [0.3, 0.4) is 0 Å². The molecule has 0 radical (unpaired) electrons. The number of aromatic nitrogens is 1. The molecular formula is C56H39N3. The lowest BCUT2D eigenvalue weighted by Crippen LogP contribution is -2.09. The summed E-state index contributed by atoms with van der Waals surface area (Å²) < 4.78 is 2.46. The third-order valence-corrected chi connectivity index (χ3v) is 11.4. The fraction of sp³-hybridized carbons (Fsp3) is 0. The molecule has 0 atom stereocenters. The number of rotatable bonds is 9. The minimum atomic E-state index is 1.11. The van der Waals surface area contributed by atoms with Gasteiger partial charge in [0.15, 0.2) is 0 Å². The summed E-state index contributed by atoms with van der Waals surface area (Å²) in [6, 6.07) is 85.2. The van der Waals surface area contributed by atoms with E-state index in [0.717, 1.165) is 39.8 Å². The highest BCUT2D eigenvalue weighted by Gasteiger charge is 2.21. The average Bonchev–Trinajstić information content (AvgIpc) is 3.65. The van der Waals surface area contributed by atoms with Crippen LogP contribution in [0.25, 0.3) is 60.5 Å². The molecule has 10 aromatic carbocycles. The van der Waals surface area contributed by atoms with Crippen LogP contribution in [-0.4, -0.2) is 4.57 Å². The summed E-state index contributed by atoms with van der Waals surface area (Å²) >= 11 is 0. The van der Waals surface area contributed by atoms with Crippen LogP contribution in [0.5, 0.6) is 0 Å². The van der Waals surface area contributed by atoms with Crippen LogP contribution >= 0.6 is 0 Å². The molecule has 1 aromatic heterocycles. The standard InChI is InChI=1S/C56H39N3/c1-6-20-46(21-7-1)57(47-22-8-2-9-23-47)51-30-16-18-40(36-51)44-34-42-32-33-43-35-45(39-54-56(43)55(42)53(38-44)59(54)50-28-14-5-15-29-50)41-19-17-31-52(37-41)58(48-24-10-3-11-25-48)49-26-12-4-13-27-49/h1-39H. The molecule has 0 saturated heterocycles. The molecule has 0 amide bonds. The van der Waals surface area contributed by atoms with Crippen LogP contribution in [0.4, 0.5) is 34.1 Å². The van der Waals surface area contributed by atoms with E-state index in [1.807, 2.05) is 0 Å². The third kappa shape index (κ3) is 6.17. The second-order valence-electron chi connectivity index (χ2n) is 15.0. The Balaban J connectivity index is 1.08. The number of hydrogen-bond acceptors (Lipinski definition) is 2. The minimum absolute atomic E-state index is 1.11. The molecule has 3 heteroatoms. The van der Waals surface area contributed by atoms with E-state index in [4.69, 9.17) is 0 Å². The maximum Gasteiger partial charge on any atom is 0.0553 e. The van der Waals surface area contributed by atoms with Gasteiger partial charge < -0.3 is 14.4 Å². The Labute approximate surface area is 344 Å². The number of benzene rings is 10. The average molecular weight is 754 g/mol. The largest absolute Gasteiger partial charge is 0.310 e. The molecule has 278 valence electrons. The summed E-state index contributed by atoms with van der Waals surface area (Å²) in [5.74, 6) is 0. The second-order valence-corrected chi connectivity index (χ2v) is 15.0. The molecule has 0 fully saturated rings. The van der Waals surface area contributed by atoms with Gasteiger partial charge in [-0.25, -0.2) is 0 Å². The fourth-order valence-electron chi connectivity index (χ4n) is 8.81. The molecule has 3 nitrogen and oxygen atoms in total. The lowest BCUT2D eigenvalue weighted by Gasteiger charge is -2.26. The van der Waals surface area contributed by atoms with Gasteiger partial charge in [0.2, 0.25) is 0 Å². The normalized spacial score (nSPS) is 11.4. The Bertz CT molecular complexity index is 2920. The van der Waals surface area contributed by atoms with Gasteiger partial charge in [-0.15, -0.1) is 0 Å². The molecule has 0 unspecified atom stereocenters. The molecule has 11 rings (SSSR count). The summed E-state index contributed by atoms with van der Waals surface area (Å²) in [7, 11) is 0. The van der Waals surface area contributed by atoms with Crippen LogP contribution < -0.4 is 9.80 Å². The van der Waals surface area contributed by atoms with E-state index in [2.05, 4.69) is 251 Å². The molecule has 0 bridgehead atoms. The monoisotopic (exact) mass is 753 g/mol. The van der Waals surface area contributed by atoms with Crippen molar-refractivity contribution in [2.75, 3.05) is 9.80 Å². The van der Waals surface area contributed by atoms with Crippen molar-refractivity contribution in [3.8, 4) is 27.9 Å². The van der Waals surface area contributed by atoms with Crippen molar-refractivity contribution >= 4 is 66.7 Å². The van der Waals surface area contributed by atoms with Gasteiger partial charge in [-0.2, -0.15) is 0 Å². The Morgan fingerprint density at radius 2 is 0.593 bits per heavy atom. The van der Waals surface area contributed by atoms with Crippen molar-refractivity contribution in [3.63, 3.8) is 0 Å². The topological polar surface area (TPSA) is 11.4 Å². The molecule has 0 saturated carbocycles. The highest BCUT2D eigenvalue weighted by Crippen LogP contribution is 2.45. The van der Waals surface area contributed by atoms with Gasteiger partial charge in [0, 0.05) is 50.6 Å². The summed E-state index contributed by atoms with van der Waals surface area (Å²) in [6.07, 6.45) is 0. The van der Waals surface area contributed by atoms with Gasteiger partial charge >= 0.3 is 0 Å². The zero-order valence-electron chi connectivity index (χ0n) is 32.4. The summed E-state index contributed by atoms with van der Waals surface area (Å²) in [5.41, 5.74) is 14.9. The van der Waals surface area contributed by atoms with E-state index in [1.54, 1.807) is 0 Å². The minimum Gasteiger partial charge on any atom is -0.310 e. The van der Waals surface area contributed by atoms with Crippen LogP contribution in [0.15, 0.2) is 237 Å². The zero-order valence-corrected chi connectivity index (χ0v) is 32.4. The Hall–Kier alpha value is -7.88. The van der Waals surface area contributed by atoms with Crippen molar-refractivity contribution in [2.24, 2.45) is 0 Å². The first-order valence-electron chi connectivity index (χ1n) is 20.2. The SMILES string of the molecule is c1ccc(N(c2ccccc2)c2cccc(-c3cc4ccc5cc(-c6cccc(N(c7ccccc7)c7ccccc7)c6)cc6c5c4c(c3)n6-c3ccccc3)c2)cc1. The van der Waals surface area contributed by atoms with E-state index < -0.39 is 0 Å². The van der Waals surface area contributed by atoms with Crippen molar-refractivity contribution in [1.29, 1.82) is 0 Å². The predicted octanol–water partition coefficient (Wildman–Crippen LogP) is 15.6. The second kappa shape index (κ2) is 14.6. The lowest BCUT2D eigenvalue weighted by atomic mass is 9.95. The highest BCUT2D eigenvalue weighted by molar-refractivity contribution is 6.25. The molecule has 0 aliphatic heterocycles. The fourth-order valence-corrected chi connectivity index (χ4v) is 8.81. The Morgan fingerprint density at radius 1 is 0.254 bits per heavy atom. The van der Waals surface area contributed by atoms with E-state index in [1.165, 1.54) is 54.8 Å². The molecule has 0 aliphatic rings. The molecule has 1 heterocycles. The molecule has 11 aromatic rings. The van der Waals surface area contributed by atoms with E-state index in [9.17, 15) is 0 Å². The van der Waals surface area contributed by atoms with Crippen LogP contribution in [0.1, 0.15) is 0 Å². The van der Waals surface area contributed by atoms with Gasteiger partial charge in [-0.05, 0) is 142 Å². The van der Waals surface area contributed by atoms with E-state index in [0.29, 0.717) is 0 Å². The van der Waals surface area contributed by atoms with Crippen LogP contribution in [0.2, 0.25) is 0 Å². The maximum absolute atomic E-state index is 2.46.